The quantitative estimate of drug-likeness (QED) is 0.747. The highest BCUT2D eigenvalue weighted by Crippen LogP contribution is 2.10. The van der Waals surface area contributed by atoms with Gasteiger partial charge in [-0.25, -0.2) is 0 Å². The van der Waals surface area contributed by atoms with Crippen LogP contribution in [0.5, 0.6) is 0 Å². The molecular formula is C17H26N2O2. The fraction of sp³-hybridized carbons (Fsp3) is 0.529. The zero-order chi connectivity index (χ0) is 15.7. The third kappa shape index (κ3) is 5.98. The van der Waals surface area contributed by atoms with Crippen molar-refractivity contribution in [2.45, 2.75) is 46.5 Å². The van der Waals surface area contributed by atoms with Crippen molar-refractivity contribution in [3.8, 4) is 0 Å². The van der Waals surface area contributed by atoms with Crippen LogP contribution in [-0.4, -0.2) is 29.8 Å². The average molecular weight is 290 g/mol. The summed E-state index contributed by atoms with van der Waals surface area (Å²) in [5.74, 6) is -0.345. The van der Waals surface area contributed by atoms with Crippen LogP contribution < -0.4 is 5.32 Å². The first-order valence-electron chi connectivity index (χ1n) is 7.77. The molecule has 4 heteroatoms. The van der Waals surface area contributed by atoms with Crippen LogP contribution in [-0.2, 0) is 16.0 Å². The van der Waals surface area contributed by atoms with Gasteiger partial charge in [0.2, 0.25) is 11.8 Å². The van der Waals surface area contributed by atoms with Gasteiger partial charge in [-0.1, -0.05) is 32.9 Å². The number of carbonyl (C=O) groups excluding carboxylic acids is 2. The highest BCUT2D eigenvalue weighted by atomic mass is 16.2. The summed E-state index contributed by atoms with van der Waals surface area (Å²) in [4.78, 5) is 25.8. The van der Waals surface area contributed by atoms with E-state index in [1.165, 1.54) is 5.56 Å². The molecule has 0 atom stereocenters. The van der Waals surface area contributed by atoms with Crippen molar-refractivity contribution in [1.29, 1.82) is 0 Å². The third-order valence-electron chi connectivity index (χ3n) is 3.30. The summed E-state index contributed by atoms with van der Waals surface area (Å²) in [5, 5.41) is 2.78. The second kappa shape index (κ2) is 9.16. The number of rotatable bonds is 8. The highest BCUT2D eigenvalue weighted by molar-refractivity contribution is 6.03. The number of hydrogen-bond donors (Lipinski definition) is 1. The van der Waals surface area contributed by atoms with Gasteiger partial charge in [-0.3, -0.25) is 9.59 Å². The molecule has 0 spiro atoms. The van der Waals surface area contributed by atoms with E-state index in [2.05, 4.69) is 12.2 Å². The maximum absolute atomic E-state index is 12.1. The van der Waals surface area contributed by atoms with Gasteiger partial charge in [-0.2, -0.15) is 0 Å². The van der Waals surface area contributed by atoms with Gasteiger partial charge in [0.25, 0.3) is 0 Å². The number of nitrogens with zero attached hydrogens (tertiary/aromatic N) is 1. The number of nitrogens with one attached hydrogen (secondary N) is 1. The fourth-order valence-electron chi connectivity index (χ4n) is 2.18. The van der Waals surface area contributed by atoms with E-state index in [9.17, 15) is 9.59 Å². The number of hydrogen-bond acceptors (Lipinski definition) is 2. The van der Waals surface area contributed by atoms with Crippen molar-refractivity contribution < 1.29 is 9.59 Å². The number of aryl methyl sites for hydroxylation is 1. The highest BCUT2D eigenvalue weighted by Gasteiger charge is 2.16. The van der Waals surface area contributed by atoms with E-state index in [-0.39, 0.29) is 18.2 Å². The van der Waals surface area contributed by atoms with E-state index >= 15 is 0 Å². The van der Waals surface area contributed by atoms with Crippen LogP contribution in [0.2, 0.25) is 0 Å². The predicted octanol–water partition coefficient (Wildman–Crippen LogP) is 3.23. The summed E-state index contributed by atoms with van der Waals surface area (Å²) >= 11 is 0. The van der Waals surface area contributed by atoms with Crippen molar-refractivity contribution in [2.75, 3.05) is 18.4 Å². The summed E-state index contributed by atoms with van der Waals surface area (Å²) in [6.07, 6.45) is 2.70. The van der Waals surface area contributed by atoms with Gasteiger partial charge < -0.3 is 10.2 Å². The molecule has 0 aliphatic heterocycles. The van der Waals surface area contributed by atoms with Gasteiger partial charge in [-0.15, -0.1) is 0 Å². The van der Waals surface area contributed by atoms with E-state index in [1.807, 2.05) is 38.1 Å². The maximum atomic E-state index is 12.1. The zero-order valence-electron chi connectivity index (χ0n) is 13.3. The first-order valence-corrected chi connectivity index (χ1v) is 7.77. The second-order valence-electron chi connectivity index (χ2n) is 5.16. The number of carbonyl (C=O) groups is 2. The minimum atomic E-state index is -0.249. The lowest BCUT2D eigenvalue weighted by Gasteiger charge is -2.21. The number of amides is 2. The number of benzene rings is 1. The van der Waals surface area contributed by atoms with Crippen LogP contribution in [0.15, 0.2) is 24.3 Å². The molecule has 116 valence electrons. The Morgan fingerprint density at radius 3 is 2.05 bits per heavy atom. The molecule has 0 unspecified atom stereocenters. The molecule has 0 bridgehead atoms. The summed E-state index contributed by atoms with van der Waals surface area (Å²) in [6.45, 7) is 7.58. The monoisotopic (exact) mass is 290 g/mol. The van der Waals surface area contributed by atoms with Gasteiger partial charge in [0.05, 0.1) is 0 Å². The van der Waals surface area contributed by atoms with E-state index in [4.69, 9.17) is 0 Å². The molecule has 2 amide bonds. The first kappa shape index (κ1) is 17.2. The SMILES string of the molecule is CCCN(CCC)C(=O)CC(=O)Nc1ccc(CC)cc1. The van der Waals surface area contributed by atoms with Gasteiger partial charge in [-0.05, 0) is 37.0 Å². The molecule has 0 saturated heterocycles. The smallest absolute Gasteiger partial charge is 0.233 e. The van der Waals surface area contributed by atoms with Crippen molar-refractivity contribution in [3.63, 3.8) is 0 Å². The molecular weight excluding hydrogens is 264 g/mol. The molecule has 21 heavy (non-hydrogen) atoms. The van der Waals surface area contributed by atoms with E-state index in [0.717, 1.165) is 24.9 Å². The molecule has 0 aliphatic carbocycles. The minimum Gasteiger partial charge on any atom is -0.342 e. The average Bonchev–Trinajstić information content (AvgIpc) is 2.47. The van der Waals surface area contributed by atoms with E-state index < -0.39 is 0 Å². The Labute approximate surface area is 127 Å². The molecule has 0 aromatic heterocycles. The van der Waals surface area contributed by atoms with Crippen LogP contribution >= 0.6 is 0 Å². The van der Waals surface area contributed by atoms with Crippen LogP contribution in [0, 0.1) is 0 Å². The van der Waals surface area contributed by atoms with E-state index in [0.29, 0.717) is 13.1 Å². The Morgan fingerprint density at radius 2 is 1.57 bits per heavy atom. The van der Waals surface area contributed by atoms with Crippen LogP contribution in [0.3, 0.4) is 0 Å². The fourth-order valence-corrected chi connectivity index (χ4v) is 2.18. The second-order valence-corrected chi connectivity index (χ2v) is 5.16. The van der Waals surface area contributed by atoms with Gasteiger partial charge in [0.1, 0.15) is 6.42 Å². The molecule has 1 aromatic carbocycles. The summed E-state index contributed by atoms with van der Waals surface area (Å²) in [7, 11) is 0. The molecule has 1 N–H and O–H groups in total. The van der Waals surface area contributed by atoms with Gasteiger partial charge in [0.15, 0.2) is 0 Å². The van der Waals surface area contributed by atoms with Gasteiger partial charge >= 0.3 is 0 Å². The van der Waals surface area contributed by atoms with Crippen molar-refractivity contribution in [1.82, 2.24) is 4.90 Å². The van der Waals surface area contributed by atoms with Gasteiger partial charge in [0, 0.05) is 18.8 Å². The topological polar surface area (TPSA) is 49.4 Å². The normalized spacial score (nSPS) is 10.2. The standard InChI is InChI=1S/C17H26N2O2/c1-4-11-19(12-5-2)17(21)13-16(20)18-15-9-7-14(6-3)8-10-15/h7-10H,4-6,11-13H2,1-3H3,(H,18,20). The maximum Gasteiger partial charge on any atom is 0.233 e. The minimum absolute atomic E-state index is 0.0878. The first-order chi connectivity index (χ1) is 10.1. The molecule has 0 aliphatic rings. The molecule has 0 fully saturated rings. The Kier molecular flexibility index (Phi) is 7.51. The van der Waals surface area contributed by atoms with Crippen LogP contribution in [0.25, 0.3) is 0 Å². The van der Waals surface area contributed by atoms with Crippen molar-refractivity contribution >= 4 is 17.5 Å². The molecule has 1 aromatic rings. The molecule has 1 rings (SSSR count). The summed E-state index contributed by atoms with van der Waals surface area (Å²) < 4.78 is 0. The Balaban J connectivity index is 2.52. The Hall–Kier alpha value is -1.84. The lowest BCUT2D eigenvalue weighted by Crippen LogP contribution is -2.35. The predicted molar refractivity (Wildman–Crippen MR) is 86.2 cm³/mol. The van der Waals surface area contributed by atoms with Crippen LogP contribution in [0.4, 0.5) is 5.69 Å². The number of anilines is 1. The zero-order valence-corrected chi connectivity index (χ0v) is 13.3. The van der Waals surface area contributed by atoms with Crippen molar-refractivity contribution in [2.24, 2.45) is 0 Å². The molecule has 0 radical (unpaired) electrons. The lowest BCUT2D eigenvalue weighted by molar-refractivity contribution is -0.134. The Morgan fingerprint density at radius 1 is 1.00 bits per heavy atom. The molecule has 0 saturated carbocycles. The molecule has 4 nitrogen and oxygen atoms in total. The van der Waals surface area contributed by atoms with Crippen molar-refractivity contribution in [3.05, 3.63) is 29.8 Å². The Bertz CT molecular complexity index is 448. The van der Waals surface area contributed by atoms with Crippen LogP contribution in [0.1, 0.15) is 45.6 Å². The lowest BCUT2D eigenvalue weighted by atomic mass is 10.1. The third-order valence-corrected chi connectivity index (χ3v) is 3.30. The van der Waals surface area contributed by atoms with E-state index in [1.54, 1.807) is 4.90 Å². The molecule has 0 heterocycles. The summed E-state index contributed by atoms with van der Waals surface area (Å²) in [5.41, 5.74) is 1.96. The summed E-state index contributed by atoms with van der Waals surface area (Å²) in [6, 6.07) is 7.71. The largest absolute Gasteiger partial charge is 0.342 e.